The molecular formula is C32H36F2N3O7PS. The monoisotopic (exact) mass is 675 g/mol. The lowest BCUT2D eigenvalue weighted by atomic mass is 9.88. The van der Waals surface area contributed by atoms with Crippen molar-refractivity contribution >= 4 is 46.7 Å². The van der Waals surface area contributed by atoms with E-state index in [2.05, 4.69) is 17.4 Å². The fraction of sp³-hybridized carbons (Fsp3) is 0.469. The van der Waals surface area contributed by atoms with Crippen LogP contribution in [0.1, 0.15) is 65.7 Å². The summed E-state index contributed by atoms with van der Waals surface area (Å²) in [5, 5.41) is 13.8. The molecule has 46 heavy (non-hydrogen) atoms. The molecule has 246 valence electrons. The second-order valence-electron chi connectivity index (χ2n) is 12.7. The van der Waals surface area contributed by atoms with Gasteiger partial charge in [-0.3, -0.25) is 18.9 Å². The molecule has 0 bridgehead atoms. The van der Waals surface area contributed by atoms with Gasteiger partial charge in [0, 0.05) is 41.7 Å². The van der Waals surface area contributed by atoms with Gasteiger partial charge in [0.25, 0.3) is 5.91 Å². The van der Waals surface area contributed by atoms with Crippen LogP contribution in [-0.4, -0.2) is 79.7 Å². The number of amides is 3. The zero-order valence-electron chi connectivity index (χ0n) is 25.1. The average molecular weight is 676 g/mol. The number of rotatable bonds is 6. The normalized spacial score (nSPS) is 27.4. The number of fused-ring (bicyclic) bond motifs is 2. The average Bonchev–Trinajstić information content (AvgIpc) is 3.77. The summed E-state index contributed by atoms with van der Waals surface area (Å²) in [6, 6.07) is 12.4. The molecule has 0 spiro atoms. The van der Waals surface area contributed by atoms with Gasteiger partial charge in [-0.05, 0) is 60.7 Å². The van der Waals surface area contributed by atoms with Gasteiger partial charge in [-0.25, -0.2) is 0 Å². The quantitative estimate of drug-likeness (QED) is 0.284. The van der Waals surface area contributed by atoms with E-state index < -0.39 is 48.8 Å². The lowest BCUT2D eigenvalue weighted by Gasteiger charge is -2.39. The van der Waals surface area contributed by atoms with Crippen LogP contribution in [0, 0.1) is 5.92 Å². The van der Waals surface area contributed by atoms with E-state index in [0.717, 1.165) is 29.9 Å². The Labute approximate surface area is 268 Å². The van der Waals surface area contributed by atoms with Crippen molar-refractivity contribution in [2.75, 3.05) is 13.1 Å². The van der Waals surface area contributed by atoms with E-state index in [1.165, 1.54) is 17.7 Å². The maximum Gasteiger partial charge on any atom is 0.399 e. The first-order chi connectivity index (χ1) is 21.7. The van der Waals surface area contributed by atoms with Gasteiger partial charge in [-0.1, -0.05) is 43.3 Å². The Hall–Kier alpha value is -3.22. The summed E-state index contributed by atoms with van der Waals surface area (Å²) in [7, 11) is -5.78. The van der Waals surface area contributed by atoms with E-state index >= 15 is 0 Å². The van der Waals surface area contributed by atoms with E-state index in [1.807, 2.05) is 30.0 Å². The molecule has 0 unspecified atom stereocenters. The van der Waals surface area contributed by atoms with Crippen LogP contribution in [0.15, 0.2) is 54.6 Å². The second-order valence-corrected chi connectivity index (χ2v) is 15.4. The van der Waals surface area contributed by atoms with Crippen molar-refractivity contribution in [3.8, 4) is 0 Å². The summed E-state index contributed by atoms with van der Waals surface area (Å²) < 4.78 is 40.4. The molecule has 3 aliphatic rings. The number of carbonyl (C=O) groups is 3. The largest absolute Gasteiger partial charge is 0.399 e. The number of aliphatic hydroxyl groups is 1. The van der Waals surface area contributed by atoms with Gasteiger partial charge in [0.1, 0.15) is 12.1 Å². The van der Waals surface area contributed by atoms with Crippen molar-refractivity contribution in [1.29, 1.82) is 0 Å². The Kier molecular flexibility index (Phi) is 8.84. The Morgan fingerprint density at radius 2 is 1.78 bits per heavy atom. The minimum Gasteiger partial charge on any atom is -0.393 e. The van der Waals surface area contributed by atoms with Crippen LogP contribution in [0.25, 0.3) is 10.1 Å². The predicted octanol–water partition coefficient (Wildman–Crippen LogP) is 4.39. The van der Waals surface area contributed by atoms with Gasteiger partial charge in [0.2, 0.25) is 11.8 Å². The summed E-state index contributed by atoms with van der Waals surface area (Å²) in [6.07, 6.45) is 1.52. The summed E-state index contributed by atoms with van der Waals surface area (Å²) in [5.74, 6) is -1.19. The van der Waals surface area contributed by atoms with Crippen LogP contribution in [0.2, 0.25) is 0 Å². The third-order valence-corrected chi connectivity index (χ3v) is 11.8. The van der Waals surface area contributed by atoms with Gasteiger partial charge in [-0.2, -0.15) is 8.78 Å². The summed E-state index contributed by atoms with van der Waals surface area (Å²) in [4.78, 5) is 63.2. The summed E-state index contributed by atoms with van der Waals surface area (Å²) in [6.45, 7) is 3.04. The Morgan fingerprint density at radius 1 is 1.04 bits per heavy atom. The van der Waals surface area contributed by atoms with Crippen LogP contribution < -0.4 is 5.32 Å². The molecule has 1 aromatic heterocycles. The molecule has 6 rings (SSSR count). The molecule has 0 saturated carbocycles. The highest BCUT2D eigenvalue weighted by Crippen LogP contribution is 2.59. The smallest absolute Gasteiger partial charge is 0.393 e. The number of alkyl halides is 2. The van der Waals surface area contributed by atoms with Crippen molar-refractivity contribution < 1.29 is 42.6 Å². The number of halogens is 2. The molecule has 3 amide bonds. The minimum atomic E-state index is -5.78. The molecule has 3 fully saturated rings. The number of hydrogen-bond donors (Lipinski definition) is 4. The zero-order valence-corrected chi connectivity index (χ0v) is 26.8. The minimum absolute atomic E-state index is 0.0563. The molecule has 3 saturated heterocycles. The van der Waals surface area contributed by atoms with Crippen LogP contribution in [0.5, 0.6) is 0 Å². The molecule has 0 radical (unpaired) electrons. The first-order valence-corrected chi connectivity index (χ1v) is 17.8. The van der Waals surface area contributed by atoms with Crippen molar-refractivity contribution in [2.45, 2.75) is 74.8 Å². The lowest BCUT2D eigenvalue weighted by Crippen LogP contribution is -2.58. The standard InChI is InChI=1S/C32H36F2N3O7PS/c1-18-13-23-8-9-25(31(41)36-12-11-20(17-36)19-5-3-2-4-6-19)37(23)30(40)24(16-26(18)38)35-29(39)28-15-21-14-22(7-10-27(21)46-28)32(33,34)45(42,43)44/h2-7,10,14-15,18,20,23-26,38H,8-9,11-13,16-17H2,1H3,(H,35,39)(H2,42,43,44)/t18-,20+,23+,24-,25-,26+/m0/s1. The topological polar surface area (TPSA) is 147 Å². The number of aliphatic hydroxyl groups excluding tert-OH is 1. The van der Waals surface area contributed by atoms with Gasteiger partial charge in [0.05, 0.1) is 11.0 Å². The first-order valence-electron chi connectivity index (χ1n) is 15.4. The molecule has 4 N–H and O–H groups in total. The fourth-order valence-corrected chi connectivity index (χ4v) is 8.48. The van der Waals surface area contributed by atoms with E-state index in [9.17, 15) is 32.8 Å². The van der Waals surface area contributed by atoms with Gasteiger partial charge in [0.15, 0.2) is 0 Å². The molecule has 0 aliphatic carbocycles. The lowest BCUT2D eigenvalue weighted by molar-refractivity contribution is -0.148. The van der Waals surface area contributed by atoms with Crippen LogP contribution >= 0.6 is 18.9 Å². The Morgan fingerprint density at radius 3 is 2.50 bits per heavy atom. The van der Waals surface area contributed by atoms with Crippen LogP contribution in [0.3, 0.4) is 0 Å². The number of nitrogens with zero attached hydrogens (tertiary/aromatic N) is 2. The van der Waals surface area contributed by atoms with Gasteiger partial charge in [-0.15, -0.1) is 11.3 Å². The van der Waals surface area contributed by atoms with Crippen molar-refractivity contribution in [2.24, 2.45) is 5.92 Å². The molecule has 10 nitrogen and oxygen atoms in total. The fourth-order valence-electron chi connectivity index (χ4n) is 7.06. The van der Waals surface area contributed by atoms with E-state index in [1.54, 1.807) is 4.90 Å². The molecular weight excluding hydrogens is 639 g/mol. The second kappa shape index (κ2) is 12.4. The number of hydrogen-bond acceptors (Lipinski definition) is 6. The molecule has 4 heterocycles. The van der Waals surface area contributed by atoms with Crippen LogP contribution in [0.4, 0.5) is 8.78 Å². The molecule has 3 aliphatic heterocycles. The highest BCUT2D eigenvalue weighted by molar-refractivity contribution is 7.52. The molecule has 2 aromatic carbocycles. The summed E-state index contributed by atoms with van der Waals surface area (Å²) in [5.41, 5.74) is -4.11. The number of likely N-dealkylation sites (tertiary alicyclic amines) is 1. The number of benzene rings is 2. The Bertz CT molecular complexity index is 1700. The van der Waals surface area contributed by atoms with Gasteiger partial charge >= 0.3 is 13.3 Å². The highest BCUT2D eigenvalue weighted by atomic mass is 32.1. The zero-order chi connectivity index (χ0) is 33.0. The molecule has 14 heteroatoms. The highest BCUT2D eigenvalue weighted by Gasteiger charge is 2.51. The Balaban J connectivity index is 1.21. The maximum atomic E-state index is 14.3. The van der Waals surface area contributed by atoms with Crippen molar-refractivity contribution in [3.05, 3.63) is 70.6 Å². The third-order valence-electron chi connectivity index (χ3n) is 9.65. The number of carbonyl (C=O) groups excluding carboxylic acids is 3. The van der Waals surface area contributed by atoms with Crippen molar-refractivity contribution in [1.82, 2.24) is 15.1 Å². The van der Waals surface area contributed by atoms with Gasteiger partial charge < -0.3 is 30.0 Å². The number of nitrogens with one attached hydrogen (secondary N) is 1. The predicted molar refractivity (Wildman–Crippen MR) is 167 cm³/mol. The summed E-state index contributed by atoms with van der Waals surface area (Å²) >= 11 is 0.974. The number of thiophene rings is 1. The first kappa shape index (κ1) is 32.7. The SMILES string of the molecule is C[C@H]1C[C@H]2CC[C@@H](C(=O)N3CC[C@@H](c4ccccc4)C3)N2C(=O)[C@@H](NC(=O)c2cc3cc(C(F)(F)P(=O)(O)O)ccc3s2)C[C@H]1O. The van der Waals surface area contributed by atoms with E-state index in [-0.39, 0.29) is 40.5 Å². The van der Waals surface area contributed by atoms with Crippen molar-refractivity contribution in [3.63, 3.8) is 0 Å². The third kappa shape index (κ3) is 6.11. The van der Waals surface area contributed by atoms with Crippen LogP contribution in [-0.2, 0) is 19.8 Å². The molecule has 6 atom stereocenters. The maximum absolute atomic E-state index is 14.3. The molecule has 3 aromatic rings. The van der Waals surface area contributed by atoms with E-state index in [4.69, 9.17) is 9.79 Å². The van der Waals surface area contributed by atoms with E-state index in [0.29, 0.717) is 37.1 Å².